The first-order chi connectivity index (χ1) is 7.05. The zero-order valence-electron chi connectivity index (χ0n) is 7.98. The topological polar surface area (TPSA) is 54.4 Å². The molecule has 5 heteroatoms. The predicted octanol–water partition coefficient (Wildman–Crippen LogP) is 1.77. The van der Waals surface area contributed by atoms with Crippen molar-refractivity contribution in [2.24, 2.45) is 0 Å². The van der Waals surface area contributed by atoms with E-state index in [0.29, 0.717) is 5.56 Å². The van der Waals surface area contributed by atoms with Gasteiger partial charge in [-0.25, -0.2) is 8.42 Å². The molecule has 1 aromatic carbocycles. The minimum atomic E-state index is -3.24. The van der Waals surface area contributed by atoms with E-state index in [1.165, 1.54) is 12.1 Å². The Labute approximate surface area is 93.6 Å². The fourth-order valence-electron chi connectivity index (χ4n) is 1.43. The van der Waals surface area contributed by atoms with E-state index < -0.39 is 9.84 Å². The predicted molar refractivity (Wildman–Crippen MR) is 57.6 cm³/mol. The first-order valence-corrected chi connectivity index (χ1v) is 6.61. The number of aliphatic hydroxyl groups excluding tert-OH is 1. The van der Waals surface area contributed by atoms with Crippen LogP contribution in [0.25, 0.3) is 0 Å². The Morgan fingerprint density at radius 1 is 1.40 bits per heavy atom. The summed E-state index contributed by atoms with van der Waals surface area (Å²) in [7, 11) is -3.24. The Morgan fingerprint density at radius 2 is 2.07 bits per heavy atom. The third-order valence-electron chi connectivity index (χ3n) is 2.45. The molecule has 0 atom stereocenters. The van der Waals surface area contributed by atoms with Crippen molar-refractivity contribution in [2.75, 3.05) is 0 Å². The van der Waals surface area contributed by atoms with Crippen LogP contribution in [0.15, 0.2) is 23.1 Å². The van der Waals surface area contributed by atoms with Crippen molar-refractivity contribution >= 4 is 21.4 Å². The number of hydrogen-bond acceptors (Lipinski definition) is 3. The van der Waals surface area contributed by atoms with E-state index in [0.717, 1.165) is 12.8 Å². The summed E-state index contributed by atoms with van der Waals surface area (Å²) in [5.74, 6) is 0. The molecule has 1 aromatic rings. The number of sulfone groups is 1. The molecule has 2 rings (SSSR count). The zero-order valence-corrected chi connectivity index (χ0v) is 9.55. The van der Waals surface area contributed by atoms with E-state index in [1.807, 2.05) is 0 Å². The van der Waals surface area contributed by atoms with Gasteiger partial charge in [0.15, 0.2) is 9.84 Å². The molecule has 15 heavy (non-hydrogen) atoms. The molecule has 0 radical (unpaired) electrons. The van der Waals surface area contributed by atoms with Crippen LogP contribution < -0.4 is 0 Å². The molecule has 1 aliphatic carbocycles. The fourth-order valence-corrected chi connectivity index (χ4v) is 3.66. The maximum Gasteiger partial charge on any atom is 0.182 e. The molecule has 0 aromatic heterocycles. The van der Waals surface area contributed by atoms with Crippen LogP contribution in [0.4, 0.5) is 0 Å². The van der Waals surface area contributed by atoms with Gasteiger partial charge >= 0.3 is 0 Å². The van der Waals surface area contributed by atoms with Crippen molar-refractivity contribution in [1.82, 2.24) is 0 Å². The van der Waals surface area contributed by atoms with Crippen molar-refractivity contribution in [3.05, 3.63) is 28.8 Å². The Morgan fingerprint density at radius 3 is 2.53 bits per heavy atom. The second-order valence-corrected chi connectivity index (χ2v) is 6.27. The maximum atomic E-state index is 11.9. The van der Waals surface area contributed by atoms with Gasteiger partial charge in [0.05, 0.1) is 21.8 Å². The first kappa shape index (κ1) is 10.9. The molecule has 0 unspecified atom stereocenters. The van der Waals surface area contributed by atoms with Gasteiger partial charge < -0.3 is 5.11 Å². The minimum absolute atomic E-state index is 0.135. The van der Waals surface area contributed by atoms with Gasteiger partial charge in [0.25, 0.3) is 0 Å². The minimum Gasteiger partial charge on any atom is -0.392 e. The molecule has 0 aliphatic heterocycles. The van der Waals surface area contributed by atoms with Gasteiger partial charge in [-0.3, -0.25) is 0 Å². The van der Waals surface area contributed by atoms with Crippen molar-refractivity contribution in [1.29, 1.82) is 0 Å². The lowest BCUT2D eigenvalue weighted by molar-refractivity contribution is 0.282. The molecule has 0 bridgehead atoms. The number of rotatable bonds is 3. The molecule has 1 aliphatic rings. The lowest BCUT2D eigenvalue weighted by Crippen LogP contribution is -2.07. The Balaban J connectivity index is 2.45. The van der Waals surface area contributed by atoms with Gasteiger partial charge in [0, 0.05) is 0 Å². The van der Waals surface area contributed by atoms with Crippen LogP contribution in [-0.4, -0.2) is 18.8 Å². The third kappa shape index (κ3) is 2.02. The van der Waals surface area contributed by atoms with E-state index in [1.54, 1.807) is 6.07 Å². The molecule has 0 saturated heterocycles. The molecule has 1 fully saturated rings. The molecule has 3 nitrogen and oxygen atoms in total. The van der Waals surface area contributed by atoms with Crippen molar-refractivity contribution < 1.29 is 13.5 Å². The van der Waals surface area contributed by atoms with Gasteiger partial charge in [0.2, 0.25) is 0 Å². The van der Waals surface area contributed by atoms with Gasteiger partial charge in [0.1, 0.15) is 0 Å². The molecular weight excluding hydrogens is 236 g/mol. The SMILES string of the molecule is O=S(=O)(c1ccc(CO)cc1Cl)C1CC1. The Hall–Kier alpha value is -0.580. The highest BCUT2D eigenvalue weighted by molar-refractivity contribution is 7.92. The fraction of sp³-hybridized carbons (Fsp3) is 0.400. The summed E-state index contributed by atoms with van der Waals surface area (Å²) >= 11 is 5.87. The summed E-state index contributed by atoms with van der Waals surface area (Å²) < 4.78 is 23.7. The van der Waals surface area contributed by atoms with Gasteiger partial charge in [-0.05, 0) is 30.5 Å². The first-order valence-electron chi connectivity index (χ1n) is 4.69. The molecule has 1 N–H and O–H groups in total. The van der Waals surface area contributed by atoms with E-state index in [4.69, 9.17) is 16.7 Å². The lowest BCUT2D eigenvalue weighted by Gasteiger charge is -2.06. The van der Waals surface area contributed by atoms with Gasteiger partial charge in [-0.2, -0.15) is 0 Å². The molecule has 1 saturated carbocycles. The highest BCUT2D eigenvalue weighted by Gasteiger charge is 2.37. The van der Waals surface area contributed by atoms with Crippen LogP contribution in [0.5, 0.6) is 0 Å². The van der Waals surface area contributed by atoms with Crippen molar-refractivity contribution in [2.45, 2.75) is 29.6 Å². The monoisotopic (exact) mass is 246 g/mol. The second-order valence-electron chi connectivity index (χ2n) is 3.67. The lowest BCUT2D eigenvalue weighted by atomic mass is 10.2. The molecule has 0 amide bonds. The average molecular weight is 247 g/mol. The second kappa shape index (κ2) is 3.77. The summed E-state index contributed by atoms with van der Waals surface area (Å²) in [6.45, 7) is -0.135. The van der Waals surface area contributed by atoms with Crippen LogP contribution in [-0.2, 0) is 16.4 Å². The smallest absolute Gasteiger partial charge is 0.182 e. The number of hydrogen-bond donors (Lipinski definition) is 1. The number of halogens is 1. The van der Waals surface area contributed by atoms with E-state index >= 15 is 0 Å². The summed E-state index contributed by atoms with van der Waals surface area (Å²) in [6.07, 6.45) is 1.45. The van der Waals surface area contributed by atoms with Gasteiger partial charge in [-0.1, -0.05) is 17.7 Å². The van der Waals surface area contributed by atoms with Crippen LogP contribution in [0, 0.1) is 0 Å². The summed E-state index contributed by atoms with van der Waals surface area (Å²) in [6, 6.07) is 4.56. The van der Waals surface area contributed by atoms with Crippen LogP contribution in [0.1, 0.15) is 18.4 Å². The van der Waals surface area contributed by atoms with E-state index in [9.17, 15) is 8.42 Å². The van der Waals surface area contributed by atoms with E-state index in [2.05, 4.69) is 0 Å². The zero-order chi connectivity index (χ0) is 11.1. The van der Waals surface area contributed by atoms with Crippen LogP contribution >= 0.6 is 11.6 Å². The largest absolute Gasteiger partial charge is 0.392 e. The average Bonchev–Trinajstić information content (AvgIpc) is 3.00. The molecule has 0 heterocycles. The molecule has 82 valence electrons. The highest BCUT2D eigenvalue weighted by atomic mass is 35.5. The van der Waals surface area contributed by atoms with Crippen LogP contribution in [0.2, 0.25) is 5.02 Å². The summed E-state index contributed by atoms with van der Waals surface area (Å²) in [5, 5.41) is 8.82. The number of aliphatic hydroxyl groups is 1. The highest BCUT2D eigenvalue weighted by Crippen LogP contribution is 2.36. The normalized spacial score (nSPS) is 16.7. The Bertz CT molecular complexity index is 477. The third-order valence-corrected chi connectivity index (χ3v) is 5.19. The summed E-state index contributed by atoms with van der Waals surface area (Å²) in [4.78, 5) is 0.184. The van der Waals surface area contributed by atoms with Crippen molar-refractivity contribution in [3.8, 4) is 0 Å². The maximum absolute atomic E-state index is 11.9. The van der Waals surface area contributed by atoms with Crippen molar-refractivity contribution in [3.63, 3.8) is 0 Å². The molecular formula is C10H11ClO3S. The summed E-state index contributed by atoms with van der Waals surface area (Å²) in [5.41, 5.74) is 0.620. The van der Waals surface area contributed by atoms with Crippen LogP contribution in [0.3, 0.4) is 0 Å². The number of benzene rings is 1. The Kier molecular flexibility index (Phi) is 2.75. The quantitative estimate of drug-likeness (QED) is 0.884. The van der Waals surface area contributed by atoms with E-state index in [-0.39, 0.29) is 21.8 Å². The van der Waals surface area contributed by atoms with Gasteiger partial charge in [-0.15, -0.1) is 0 Å². The molecule has 0 spiro atoms. The standard InChI is InChI=1S/C10H11ClO3S/c11-9-5-7(6-12)1-4-10(9)15(13,14)8-2-3-8/h1,4-5,8,12H,2-3,6H2.